The summed E-state index contributed by atoms with van der Waals surface area (Å²) in [5, 5.41) is 6.56. The van der Waals surface area contributed by atoms with Crippen molar-refractivity contribution in [3.8, 4) is 16.3 Å². The van der Waals surface area contributed by atoms with Crippen LogP contribution in [0.3, 0.4) is 0 Å². The van der Waals surface area contributed by atoms with Crippen molar-refractivity contribution in [3.63, 3.8) is 0 Å². The molecule has 0 radical (unpaired) electrons. The van der Waals surface area contributed by atoms with Gasteiger partial charge in [-0.05, 0) is 36.4 Å². The van der Waals surface area contributed by atoms with E-state index in [2.05, 4.69) is 16.0 Å². The number of carbonyl (C=O) groups is 2. The van der Waals surface area contributed by atoms with Gasteiger partial charge in [0.25, 0.3) is 5.91 Å². The Labute approximate surface area is 167 Å². The second-order valence-electron chi connectivity index (χ2n) is 6.93. The molecule has 3 aromatic rings. The van der Waals surface area contributed by atoms with Gasteiger partial charge in [-0.25, -0.2) is 4.68 Å². The predicted octanol–water partition coefficient (Wildman–Crippen LogP) is 3.94. The molecule has 2 amide bonds. The average molecular weight is 395 g/mol. The van der Waals surface area contributed by atoms with E-state index in [0.717, 1.165) is 36.2 Å². The van der Waals surface area contributed by atoms with Crippen LogP contribution in [-0.2, 0) is 4.79 Å². The van der Waals surface area contributed by atoms with Gasteiger partial charge >= 0.3 is 0 Å². The van der Waals surface area contributed by atoms with Crippen molar-refractivity contribution in [3.05, 3.63) is 59.6 Å². The van der Waals surface area contributed by atoms with Crippen LogP contribution >= 0.6 is 11.3 Å². The summed E-state index contributed by atoms with van der Waals surface area (Å²) in [6.07, 6.45) is 6.78. The lowest BCUT2D eigenvalue weighted by atomic mass is 9.89. The number of rotatable bonds is 4. The molecule has 4 rings (SSSR count). The third-order valence-electron chi connectivity index (χ3n) is 5.01. The first-order chi connectivity index (χ1) is 13.7. The van der Waals surface area contributed by atoms with Gasteiger partial charge in [-0.3, -0.25) is 20.4 Å². The normalized spacial score (nSPS) is 14.6. The molecule has 0 spiro atoms. The minimum absolute atomic E-state index is 0.0159. The zero-order valence-corrected chi connectivity index (χ0v) is 16.2. The fourth-order valence-electron chi connectivity index (χ4n) is 3.50. The number of benzene rings is 1. The first-order valence-corrected chi connectivity index (χ1v) is 10.4. The summed E-state index contributed by atoms with van der Waals surface area (Å²) in [5.74, 6) is -0.492. The maximum absolute atomic E-state index is 12.8. The summed E-state index contributed by atoms with van der Waals surface area (Å²) in [6, 6.07) is 13.5. The van der Waals surface area contributed by atoms with E-state index in [-0.39, 0.29) is 17.7 Å². The van der Waals surface area contributed by atoms with Crippen molar-refractivity contribution in [2.45, 2.75) is 32.1 Å². The van der Waals surface area contributed by atoms with E-state index < -0.39 is 0 Å². The standard InChI is InChI=1S/C21H22N4O2S/c26-20(15-8-3-1-4-9-15)22-23-21(27)17-14-25(16-10-5-2-6-11-16)24-19(17)18-12-7-13-28-18/h2,5-7,10-15H,1,3-4,8-9H2,(H,22,26)(H,23,27). The SMILES string of the molecule is O=C(NNC(=O)C1CCCCC1)c1cn(-c2ccccc2)nc1-c1cccs1. The van der Waals surface area contributed by atoms with E-state index in [4.69, 9.17) is 0 Å². The van der Waals surface area contributed by atoms with Crippen molar-refractivity contribution in [2.75, 3.05) is 0 Å². The molecule has 0 aliphatic heterocycles. The van der Waals surface area contributed by atoms with Crippen LogP contribution in [0.5, 0.6) is 0 Å². The Morgan fingerprint density at radius 1 is 1.00 bits per heavy atom. The fraction of sp³-hybridized carbons (Fsp3) is 0.286. The van der Waals surface area contributed by atoms with Crippen molar-refractivity contribution >= 4 is 23.2 Å². The van der Waals surface area contributed by atoms with Crippen LogP contribution in [0.2, 0.25) is 0 Å². The molecule has 28 heavy (non-hydrogen) atoms. The topological polar surface area (TPSA) is 76.0 Å². The Balaban J connectivity index is 1.54. The summed E-state index contributed by atoms with van der Waals surface area (Å²) in [5.41, 5.74) is 7.07. The molecule has 1 fully saturated rings. The Kier molecular flexibility index (Phi) is 5.53. The first-order valence-electron chi connectivity index (χ1n) is 9.51. The average Bonchev–Trinajstić information content (AvgIpc) is 3.43. The highest BCUT2D eigenvalue weighted by molar-refractivity contribution is 7.13. The molecule has 7 heteroatoms. The summed E-state index contributed by atoms with van der Waals surface area (Å²) < 4.78 is 1.69. The van der Waals surface area contributed by atoms with Crippen LogP contribution in [0.4, 0.5) is 0 Å². The molecule has 144 valence electrons. The van der Waals surface area contributed by atoms with Gasteiger partial charge in [-0.15, -0.1) is 11.3 Å². The molecular weight excluding hydrogens is 372 g/mol. The van der Waals surface area contributed by atoms with Gasteiger partial charge in [0.05, 0.1) is 16.1 Å². The lowest BCUT2D eigenvalue weighted by Gasteiger charge is -2.20. The number of aromatic nitrogens is 2. The molecule has 2 heterocycles. The second-order valence-corrected chi connectivity index (χ2v) is 7.87. The van der Waals surface area contributed by atoms with Crippen LogP contribution in [0.1, 0.15) is 42.5 Å². The minimum atomic E-state index is -0.366. The number of nitrogens with zero attached hydrogens (tertiary/aromatic N) is 2. The van der Waals surface area contributed by atoms with Crippen LogP contribution < -0.4 is 10.9 Å². The van der Waals surface area contributed by atoms with Crippen LogP contribution in [0.25, 0.3) is 16.3 Å². The van der Waals surface area contributed by atoms with Gasteiger partial charge in [0.15, 0.2) is 0 Å². The zero-order valence-electron chi connectivity index (χ0n) is 15.4. The summed E-state index contributed by atoms with van der Waals surface area (Å²) in [6.45, 7) is 0. The van der Waals surface area contributed by atoms with E-state index in [0.29, 0.717) is 11.3 Å². The number of thiophene rings is 1. The van der Waals surface area contributed by atoms with Crippen molar-refractivity contribution in [1.29, 1.82) is 0 Å². The first kappa shape index (κ1) is 18.4. The summed E-state index contributed by atoms with van der Waals surface area (Å²) in [4.78, 5) is 26.0. The highest BCUT2D eigenvalue weighted by atomic mass is 32.1. The van der Waals surface area contributed by atoms with E-state index in [9.17, 15) is 9.59 Å². The monoisotopic (exact) mass is 394 g/mol. The lowest BCUT2D eigenvalue weighted by molar-refractivity contribution is -0.126. The third-order valence-corrected chi connectivity index (χ3v) is 5.89. The number of hydrogen-bond acceptors (Lipinski definition) is 4. The molecule has 0 atom stereocenters. The van der Waals surface area contributed by atoms with E-state index in [1.807, 2.05) is 47.8 Å². The zero-order chi connectivity index (χ0) is 19.3. The Bertz CT molecular complexity index is 944. The molecule has 1 aliphatic carbocycles. The smallest absolute Gasteiger partial charge is 0.273 e. The van der Waals surface area contributed by atoms with Crippen LogP contribution in [0, 0.1) is 5.92 Å². The molecule has 0 bridgehead atoms. The minimum Gasteiger partial charge on any atom is -0.273 e. The van der Waals surface area contributed by atoms with Gasteiger partial charge in [-0.1, -0.05) is 43.5 Å². The number of hydrogen-bond donors (Lipinski definition) is 2. The van der Waals surface area contributed by atoms with Gasteiger partial charge in [0.1, 0.15) is 5.69 Å². The maximum atomic E-state index is 12.8. The molecule has 1 aliphatic rings. The summed E-state index contributed by atoms with van der Waals surface area (Å²) >= 11 is 1.52. The lowest BCUT2D eigenvalue weighted by Crippen LogP contribution is -2.45. The van der Waals surface area contributed by atoms with Crippen molar-refractivity contribution < 1.29 is 9.59 Å². The molecule has 1 aromatic carbocycles. The fourth-order valence-corrected chi connectivity index (χ4v) is 4.22. The van der Waals surface area contributed by atoms with E-state index in [1.54, 1.807) is 10.9 Å². The summed E-state index contributed by atoms with van der Waals surface area (Å²) in [7, 11) is 0. The largest absolute Gasteiger partial charge is 0.273 e. The Hall–Kier alpha value is -2.93. The van der Waals surface area contributed by atoms with Crippen molar-refractivity contribution in [2.24, 2.45) is 5.92 Å². The molecule has 0 saturated heterocycles. The highest BCUT2D eigenvalue weighted by Crippen LogP contribution is 2.28. The highest BCUT2D eigenvalue weighted by Gasteiger charge is 2.23. The molecular formula is C21H22N4O2S. The molecule has 1 saturated carbocycles. The third kappa shape index (κ3) is 3.99. The molecule has 2 N–H and O–H groups in total. The van der Waals surface area contributed by atoms with Gasteiger partial charge in [-0.2, -0.15) is 5.10 Å². The van der Waals surface area contributed by atoms with Crippen LogP contribution in [0.15, 0.2) is 54.0 Å². The Morgan fingerprint density at radius 2 is 1.79 bits per heavy atom. The molecule has 0 unspecified atom stereocenters. The number of amides is 2. The number of carbonyl (C=O) groups excluding carboxylic acids is 2. The number of nitrogens with one attached hydrogen (secondary N) is 2. The van der Waals surface area contributed by atoms with E-state index >= 15 is 0 Å². The molecule has 6 nitrogen and oxygen atoms in total. The quantitative estimate of drug-likeness (QED) is 0.658. The van der Waals surface area contributed by atoms with Crippen LogP contribution in [-0.4, -0.2) is 21.6 Å². The number of para-hydroxylation sites is 1. The second kappa shape index (κ2) is 8.39. The van der Waals surface area contributed by atoms with Gasteiger partial charge < -0.3 is 0 Å². The maximum Gasteiger partial charge on any atom is 0.273 e. The van der Waals surface area contributed by atoms with Gasteiger partial charge in [0.2, 0.25) is 5.91 Å². The molecule has 2 aromatic heterocycles. The van der Waals surface area contributed by atoms with Gasteiger partial charge in [0, 0.05) is 12.1 Å². The predicted molar refractivity (Wildman–Crippen MR) is 109 cm³/mol. The van der Waals surface area contributed by atoms with Crippen molar-refractivity contribution in [1.82, 2.24) is 20.6 Å². The number of hydrazine groups is 1. The van der Waals surface area contributed by atoms with E-state index in [1.165, 1.54) is 17.8 Å². The Morgan fingerprint density at radius 3 is 2.50 bits per heavy atom.